The van der Waals surface area contributed by atoms with E-state index in [0.29, 0.717) is 11.4 Å². The molecule has 2 rings (SSSR count). The minimum atomic E-state index is -3.21. The van der Waals surface area contributed by atoms with E-state index in [4.69, 9.17) is 4.74 Å². The summed E-state index contributed by atoms with van der Waals surface area (Å²) in [7, 11) is -0.0221. The molecular formula is C12H17NO3S2. The second-order valence-corrected chi connectivity index (χ2v) is 7.34. The molecule has 1 aromatic rings. The number of ether oxygens (including phenoxy) is 1. The standard InChI is InChI=1S/C12H17NO3S2/c1-13(18(14,15)10-5-6-10)11-8-9(16-2)4-7-12(11)17-3/h4,7-8,10H,5-6H2,1-3H3. The van der Waals surface area contributed by atoms with Crippen LogP contribution in [0.25, 0.3) is 0 Å². The molecule has 0 atom stereocenters. The lowest BCUT2D eigenvalue weighted by Crippen LogP contribution is -2.30. The fourth-order valence-corrected chi connectivity index (χ4v) is 4.04. The molecule has 0 aromatic heterocycles. The average molecular weight is 287 g/mol. The molecule has 1 saturated carbocycles. The first kappa shape index (κ1) is 13.5. The van der Waals surface area contributed by atoms with Gasteiger partial charge < -0.3 is 4.74 Å². The fraction of sp³-hybridized carbons (Fsp3) is 0.500. The number of benzene rings is 1. The van der Waals surface area contributed by atoms with Gasteiger partial charge in [-0.2, -0.15) is 0 Å². The Morgan fingerprint density at radius 3 is 2.56 bits per heavy atom. The van der Waals surface area contributed by atoms with Gasteiger partial charge in [-0.25, -0.2) is 8.42 Å². The number of hydrogen-bond donors (Lipinski definition) is 0. The molecule has 18 heavy (non-hydrogen) atoms. The van der Waals surface area contributed by atoms with Crippen molar-refractivity contribution in [2.45, 2.75) is 23.0 Å². The molecule has 0 N–H and O–H groups in total. The highest BCUT2D eigenvalue weighted by Crippen LogP contribution is 2.37. The molecule has 0 spiro atoms. The zero-order chi connectivity index (χ0) is 13.3. The second kappa shape index (κ2) is 5.01. The largest absolute Gasteiger partial charge is 0.497 e. The van der Waals surface area contributed by atoms with Crippen LogP contribution >= 0.6 is 11.8 Å². The number of nitrogens with zero attached hydrogens (tertiary/aromatic N) is 1. The molecule has 0 amide bonds. The summed E-state index contributed by atoms with van der Waals surface area (Å²) in [6.45, 7) is 0. The molecule has 0 unspecified atom stereocenters. The molecule has 1 aliphatic rings. The van der Waals surface area contributed by atoms with Gasteiger partial charge in [-0.3, -0.25) is 4.31 Å². The zero-order valence-electron chi connectivity index (χ0n) is 10.7. The predicted molar refractivity (Wildman–Crippen MR) is 75.1 cm³/mol. The van der Waals surface area contributed by atoms with Crippen LogP contribution < -0.4 is 9.04 Å². The van der Waals surface area contributed by atoms with Crippen molar-refractivity contribution in [1.29, 1.82) is 0 Å². The number of hydrogen-bond acceptors (Lipinski definition) is 4. The Labute approximate surface area is 112 Å². The number of anilines is 1. The van der Waals surface area contributed by atoms with Crippen LogP contribution in [0.5, 0.6) is 5.75 Å². The normalized spacial score (nSPS) is 15.5. The Hall–Kier alpha value is -0.880. The van der Waals surface area contributed by atoms with Crippen molar-refractivity contribution >= 4 is 27.5 Å². The summed E-state index contributed by atoms with van der Waals surface area (Å²) in [5, 5.41) is -0.205. The maximum absolute atomic E-state index is 12.2. The SMILES string of the molecule is COc1ccc(SC)c(N(C)S(=O)(=O)C2CC2)c1. The zero-order valence-corrected chi connectivity index (χ0v) is 12.3. The molecule has 1 fully saturated rings. The average Bonchev–Trinajstić information content (AvgIpc) is 3.21. The van der Waals surface area contributed by atoms with E-state index in [1.165, 1.54) is 16.1 Å². The van der Waals surface area contributed by atoms with E-state index in [-0.39, 0.29) is 5.25 Å². The molecule has 100 valence electrons. The van der Waals surface area contributed by atoms with Gasteiger partial charge in [-0.1, -0.05) is 0 Å². The van der Waals surface area contributed by atoms with Gasteiger partial charge in [0.2, 0.25) is 10.0 Å². The first-order chi connectivity index (χ1) is 8.50. The summed E-state index contributed by atoms with van der Waals surface area (Å²) < 4.78 is 31.0. The third kappa shape index (κ3) is 2.44. The lowest BCUT2D eigenvalue weighted by Gasteiger charge is -2.22. The van der Waals surface area contributed by atoms with Gasteiger partial charge >= 0.3 is 0 Å². The summed E-state index contributed by atoms with van der Waals surface area (Å²) >= 11 is 1.53. The lowest BCUT2D eigenvalue weighted by molar-refractivity contribution is 0.414. The van der Waals surface area contributed by atoms with Crippen molar-refractivity contribution in [2.24, 2.45) is 0 Å². The highest BCUT2D eigenvalue weighted by Gasteiger charge is 2.39. The van der Waals surface area contributed by atoms with Crippen LogP contribution in [-0.4, -0.2) is 34.1 Å². The maximum atomic E-state index is 12.2. The predicted octanol–water partition coefficient (Wildman–Crippen LogP) is 2.35. The van der Waals surface area contributed by atoms with Gasteiger partial charge in [0.25, 0.3) is 0 Å². The van der Waals surface area contributed by atoms with Gasteiger partial charge in [0, 0.05) is 18.0 Å². The van der Waals surface area contributed by atoms with Gasteiger partial charge in [0.05, 0.1) is 18.0 Å². The summed E-state index contributed by atoms with van der Waals surface area (Å²) in [6, 6.07) is 5.50. The quantitative estimate of drug-likeness (QED) is 0.780. The van der Waals surface area contributed by atoms with Crippen molar-refractivity contribution < 1.29 is 13.2 Å². The summed E-state index contributed by atoms with van der Waals surface area (Å²) in [5.41, 5.74) is 0.689. The van der Waals surface area contributed by atoms with Crippen LogP contribution in [0.15, 0.2) is 23.1 Å². The monoisotopic (exact) mass is 287 g/mol. The van der Waals surface area contributed by atoms with Crippen molar-refractivity contribution in [3.8, 4) is 5.75 Å². The molecule has 0 radical (unpaired) electrons. The van der Waals surface area contributed by atoms with Crippen molar-refractivity contribution in [3.05, 3.63) is 18.2 Å². The van der Waals surface area contributed by atoms with Crippen LogP contribution in [0.2, 0.25) is 0 Å². The number of methoxy groups -OCH3 is 1. The Morgan fingerprint density at radius 1 is 1.39 bits per heavy atom. The first-order valence-corrected chi connectivity index (χ1v) is 8.43. The van der Waals surface area contributed by atoms with E-state index in [0.717, 1.165) is 17.7 Å². The Bertz CT molecular complexity index is 538. The topological polar surface area (TPSA) is 46.6 Å². The van der Waals surface area contributed by atoms with Crippen molar-refractivity contribution in [3.63, 3.8) is 0 Å². The van der Waals surface area contributed by atoms with Crippen LogP contribution in [0, 0.1) is 0 Å². The maximum Gasteiger partial charge on any atom is 0.237 e. The van der Waals surface area contributed by atoms with E-state index >= 15 is 0 Å². The molecule has 0 heterocycles. The molecule has 1 aromatic carbocycles. The number of rotatable bonds is 5. The minimum absolute atomic E-state index is 0.205. The highest BCUT2D eigenvalue weighted by molar-refractivity contribution is 7.99. The van der Waals surface area contributed by atoms with Crippen LogP contribution in [0.4, 0.5) is 5.69 Å². The Morgan fingerprint density at radius 2 is 2.06 bits per heavy atom. The highest BCUT2D eigenvalue weighted by atomic mass is 32.2. The summed E-state index contributed by atoms with van der Waals surface area (Å²) in [6.07, 6.45) is 3.47. The Kier molecular flexibility index (Phi) is 3.77. The van der Waals surface area contributed by atoms with E-state index in [1.807, 2.05) is 18.4 Å². The summed E-state index contributed by atoms with van der Waals surface area (Å²) in [4.78, 5) is 0.933. The Balaban J connectivity index is 2.42. The molecule has 0 saturated heterocycles. The summed E-state index contributed by atoms with van der Waals surface area (Å²) in [5.74, 6) is 0.667. The molecule has 6 heteroatoms. The fourth-order valence-electron chi connectivity index (χ4n) is 1.77. The van der Waals surface area contributed by atoms with Gasteiger partial charge in [-0.15, -0.1) is 11.8 Å². The van der Waals surface area contributed by atoms with Crippen LogP contribution in [-0.2, 0) is 10.0 Å². The number of thioether (sulfide) groups is 1. The van der Waals surface area contributed by atoms with Crippen molar-refractivity contribution in [2.75, 3.05) is 24.7 Å². The second-order valence-electron chi connectivity index (χ2n) is 4.25. The van der Waals surface area contributed by atoms with Gasteiger partial charge in [0.1, 0.15) is 5.75 Å². The molecular weight excluding hydrogens is 270 g/mol. The number of sulfonamides is 1. The smallest absolute Gasteiger partial charge is 0.237 e. The van der Waals surface area contributed by atoms with Crippen LogP contribution in [0.3, 0.4) is 0 Å². The van der Waals surface area contributed by atoms with Crippen LogP contribution in [0.1, 0.15) is 12.8 Å². The lowest BCUT2D eigenvalue weighted by atomic mass is 10.3. The first-order valence-electron chi connectivity index (χ1n) is 5.70. The van der Waals surface area contributed by atoms with E-state index in [1.54, 1.807) is 20.2 Å². The molecule has 0 aliphatic heterocycles. The van der Waals surface area contributed by atoms with Crippen molar-refractivity contribution in [1.82, 2.24) is 0 Å². The third-order valence-corrected chi connectivity index (χ3v) is 6.11. The van der Waals surface area contributed by atoms with E-state index in [9.17, 15) is 8.42 Å². The minimum Gasteiger partial charge on any atom is -0.497 e. The van der Waals surface area contributed by atoms with Gasteiger partial charge in [0.15, 0.2) is 0 Å². The molecule has 0 bridgehead atoms. The van der Waals surface area contributed by atoms with E-state index in [2.05, 4.69) is 0 Å². The van der Waals surface area contributed by atoms with Gasteiger partial charge in [-0.05, 0) is 31.2 Å². The van der Waals surface area contributed by atoms with E-state index < -0.39 is 10.0 Å². The third-order valence-electron chi connectivity index (χ3n) is 3.05. The molecule has 1 aliphatic carbocycles. The molecule has 4 nitrogen and oxygen atoms in total.